The van der Waals surface area contributed by atoms with E-state index in [0.29, 0.717) is 5.75 Å². The van der Waals surface area contributed by atoms with Crippen LogP contribution in [0.15, 0.2) is 42.6 Å². The third-order valence-electron chi connectivity index (χ3n) is 4.38. The van der Waals surface area contributed by atoms with Gasteiger partial charge in [0.05, 0.1) is 7.11 Å². The maximum atomic E-state index is 9.70. The van der Waals surface area contributed by atoms with E-state index in [0.717, 1.165) is 22.4 Å². The van der Waals surface area contributed by atoms with Crippen LogP contribution in [0.4, 0.5) is 0 Å². The Labute approximate surface area is 169 Å². The summed E-state index contributed by atoms with van der Waals surface area (Å²) in [5.41, 5.74) is 8.45. The number of aliphatic hydroxyl groups excluding tert-OH is 1. The van der Waals surface area contributed by atoms with Gasteiger partial charge in [-0.3, -0.25) is 0 Å². The largest absolute Gasteiger partial charge is 0.540 e. The number of ether oxygens (including phenoxy) is 1. The molecule has 0 bridgehead atoms. The fraction of sp³-hybridized carbons (Fsp3) is 0.227. The van der Waals surface area contributed by atoms with Crippen molar-refractivity contribution in [2.75, 3.05) is 7.11 Å². The van der Waals surface area contributed by atoms with E-state index in [1.54, 1.807) is 13.2 Å². The molecule has 0 aliphatic carbocycles. The molecule has 0 fully saturated rings. The maximum absolute atomic E-state index is 9.70. The Balaban J connectivity index is 0.00000243. The quantitative estimate of drug-likeness (QED) is 0.503. The molecule has 138 valence electrons. The zero-order valence-electron chi connectivity index (χ0n) is 15.4. The van der Waals surface area contributed by atoms with Crippen molar-refractivity contribution < 1.29 is 30.9 Å². The summed E-state index contributed by atoms with van der Waals surface area (Å²) in [6.07, 6.45) is 1.81. The van der Waals surface area contributed by atoms with Crippen LogP contribution in [0.25, 0.3) is 22.4 Å². The molecule has 3 rings (SSSR count). The first-order valence-electron chi connectivity index (χ1n) is 8.27. The molecule has 26 heavy (non-hydrogen) atoms. The SMILES string of the molecule is COc1c[c-]c(-c2cc(-c3c(C)cc(C)cc3C)ccn2)c(CO)c1.[Pt]. The van der Waals surface area contributed by atoms with Gasteiger partial charge in [0.25, 0.3) is 0 Å². The minimum atomic E-state index is -0.0858. The molecule has 1 N–H and O–H groups in total. The number of benzene rings is 2. The molecule has 3 nitrogen and oxygen atoms in total. The molecule has 0 saturated heterocycles. The third kappa shape index (κ3) is 4.06. The van der Waals surface area contributed by atoms with Gasteiger partial charge in [0.2, 0.25) is 0 Å². The van der Waals surface area contributed by atoms with E-state index in [4.69, 9.17) is 4.74 Å². The van der Waals surface area contributed by atoms with Crippen LogP contribution in [0.2, 0.25) is 0 Å². The number of aliphatic hydroxyl groups is 1. The number of aryl methyl sites for hydroxylation is 3. The molecule has 0 amide bonds. The van der Waals surface area contributed by atoms with E-state index >= 15 is 0 Å². The van der Waals surface area contributed by atoms with Crippen LogP contribution >= 0.6 is 0 Å². The summed E-state index contributed by atoms with van der Waals surface area (Å²) in [6, 6.07) is 15.3. The molecular formula is C22H22NO2Pt-. The smallest absolute Gasteiger partial charge is 0.0647 e. The number of hydrogen-bond donors (Lipinski definition) is 1. The van der Waals surface area contributed by atoms with Crippen molar-refractivity contribution in [3.8, 4) is 28.1 Å². The molecule has 1 heterocycles. The number of nitrogens with zero attached hydrogens (tertiary/aromatic N) is 1. The molecule has 2 aromatic carbocycles. The zero-order valence-corrected chi connectivity index (χ0v) is 17.6. The molecule has 0 aliphatic heterocycles. The fourth-order valence-electron chi connectivity index (χ4n) is 3.36. The Hall–Kier alpha value is -1.96. The van der Waals surface area contributed by atoms with Gasteiger partial charge in [-0.15, -0.1) is 17.7 Å². The van der Waals surface area contributed by atoms with E-state index in [2.05, 4.69) is 50.0 Å². The summed E-state index contributed by atoms with van der Waals surface area (Å²) in [7, 11) is 1.60. The topological polar surface area (TPSA) is 42.4 Å². The van der Waals surface area contributed by atoms with Crippen LogP contribution in [-0.4, -0.2) is 17.2 Å². The number of pyridine rings is 1. The Morgan fingerprint density at radius 3 is 2.38 bits per heavy atom. The van der Waals surface area contributed by atoms with Gasteiger partial charge in [-0.25, -0.2) is 0 Å². The third-order valence-corrected chi connectivity index (χ3v) is 4.38. The van der Waals surface area contributed by atoms with Crippen molar-refractivity contribution in [2.45, 2.75) is 27.4 Å². The summed E-state index contributed by atoms with van der Waals surface area (Å²) in [5, 5.41) is 9.70. The summed E-state index contributed by atoms with van der Waals surface area (Å²) in [4.78, 5) is 4.49. The monoisotopic (exact) mass is 527 g/mol. The van der Waals surface area contributed by atoms with E-state index in [1.165, 1.54) is 22.3 Å². The van der Waals surface area contributed by atoms with Crippen molar-refractivity contribution in [1.29, 1.82) is 0 Å². The van der Waals surface area contributed by atoms with Gasteiger partial charge in [-0.2, -0.15) is 0 Å². The molecule has 0 radical (unpaired) electrons. The van der Waals surface area contributed by atoms with Crippen LogP contribution in [-0.2, 0) is 27.7 Å². The van der Waals surface area contributed by atoms with Gasteiger partial charge in [-0.05, 0) is 54.8 Å². The first kappa shape index (κ1) is 20.4. The average molecular weight is 528 g/mol. The van der Waals surface area contributed by atoms with Crippen LogP contribution in [0.3, 0.4) is 0 Å². The van der Waals surface area contributed by atoms with Crippen molar-refractivity contribution in [2.24, 2.45) is 0 Å². The second kappa shape index (κ2) is 8.62. The Morgan fingerprint density at radius 2 is 1.77 bits per heavy atom. The van der Waals surface area contributed by atoms with Gasteiger partial charge in [0, 0.05) is 39.6 Å². The minimum Gasteiger partial charge on any atom is -0.540 e. The molecule has 1 aromatic heterocycles. The van der Waals surface area contributed by atoms with Crippen molar-refractivity contribution in [3.63, 3.8) is 0 Å². The number of hydrogen-bond acceptors (Lipinski definition) is 3. The number of aromatic nitrogens is 1. The predicted octanol–water partition coefficient (Wildman–Crippen LogP) is 4.64. The van der Waals surface area contributed by atoms with Gasteiger partial charge in [0.15, 0.2) is 0 Å². The predicted molar refractivity (Wildman–Crippen MR) is 101 cm³/mol. The van der Waals surface area contributed by atoms with E-state index in [9.17, 15) is 5.11 Å². The minimum absolute atomic E-state index is 0. The summed E-state index contributed by atoms with van der Waals surface area (Å²) in [6.45, 7) is 6.29. The van der Waals surface area contributed by atoms with Crippen LogP contribution in [0.1, 0.15) is 22.3 Å². The maximum Gasteiger partial charge on any atom is 0.0647 e. The molecule has 3 aromatic rings. The van der Waals surface area contributed by atoms with Crippen molar-refractivity contribution in [1.82, 2.24) is 4.98 Å². The molecular weight excluding hydrogens is 505 g/mol. The van der Waals surface area contributed by atoms with Gasteiger partial charge in [-0.1, -0.05) is 35.4 Å². The number of methoxy groups -OCH3 is 1. The first-order valence-corrected chi connectivity index (χ1v) is 8.27. The van der Waals surface area contributed by atoms with E-state index in [1.807, 2.05) is 18.3 Å². The van der Waals surface area contributed by atoms with Gasteiger partial charge in [0.1, 0.15) is 0 Å². The molecule has 0 aliphatic rings. The molecule has 4 heteroatoms. The molecule has 0 saturated carbocycles. The fourth-order valence-corrected chi connectivity index (χ4v) is 3.36. The normalized spacial score (nSPS) is 10.3. The summed E-state index contributed by atoms with van der Waals surface area (Å²) >= 11 is 0. The second-order valence-electron chi connectivity index (χ2n) is 6.30. The van der Waals surface area contributed by atoms with Crippen molar-refractivity contribution >= 4 is 0 Å². The van der Waals surface area contributed by atoms with Crippen LogP contribution < -0.4 is 4.74 Å². The second-order valence-corrected chi connectivity index (χ2v) is 6.30. The van der Waals surface area contributed by atoms with E-state index in [-0.39, 0.29) is 27.7 Å². The summed E-state index contributed by atoms with van der Waals surface area (Å²) in [5.74, 6) is 0.675. The van der Waals surface area contributed by atoms with Gasteiger partial charge < -0.3 is 14.8 Å². The zero-order chi connectivity index (χ0) is 18.0. The Kier molecular flexibility index (Phi) is 6.74. The van der Waals surface area contributed by atoms with Crippen LogP contribution in [0.5, 0.6) is 5.75 Å². The van der Waals surface area contributed by atoms with E-state index < -0.39 is 0 Å². The van der Waals surface area contributed by atoms with Crippen LogP contribution in [0, 0.1) is 26.8 Å². The molecule has 0 atom stereocenters. The van der Waals surface area contributed by atoms with Crippen molar-refractivity contribution in [3.05, 3.63) is 70.9 Å². The standard InChI is InChI=1S/C22H22NO2.Pt/c1-14-9-15(2)22(16(3)10-14)17-7-8-23-21(12-17)20-6-5-19(25-4)11-18(20)13-24;/h5,7-12,24H,13H2,1-4H3;/q-1;. The first-order chi connectivity index (χ1) is 12.0. The number of rotatable bonds is 4. The average Bonchev–Trinajstić information content (AvgIpc) is 2.60. The molecule has 0 spiro atoms. The Morgan fingerprint density at radius 1 is 1.08 bits per heavy atom. The Bertz CT molecular complexity index is 899. The summed E-state index contributed by atoms with van der Waals surface area (Å²) < 4.78 is 5.22. The van der Waals surface area contributed by atoms with Gasteiger partial charge >= 0.3 is 0 Å². The molecule has 0 unspecified atom stereocenters.